The largest absolute Gasteiger partial charge is 0.337 e. The number of nitrogens with zero attached hydrogens (tertiary/aromatic N) is 1. The summed E-state index contributed by atoms with van der Waals surface area (Å²) in [5.41, 5.74) is 5.62. The van der Waals surface area contributed by atoms with E-state index in [9.17, 15) is 4.79 Å². The lowest BCUT2D eigenvalue weighted by molar-refractivity contribution is -0.141. The van der Waals surface area contributed by atoms with Crippen molar-refractivity contribution >= 4 is 17.2 Å². The van der Waals surface area contributed by atoms with E-state index in [0.29, 0.717) is 6.54 Å². The molecule has 2 N–H and O–H groups in total. The Morgan fingerprint density at radius 2 is 2.22 bits per heavy atom. The highest BCUT2D eigenvalue weighted by Crippen LogP contribution is 2.39. The van der Waals surface area contributed by atoms with Crippen molar-refractivity contribution in [1.29, 1.82) is 0 Å². The molecule has 1 heterocycles. The summed E-state index contributed by atoms with van der Waals surface area (Å²) in [5, 5.41) is 2.06. The van der Waals surface area contributed by atoms with Crippen LogP contribution in [0.5, 0.6) is 0 Å². The third kappa shape index (κ3) is 2.59. The first kappa shape index (κ1) is 13.6. The standard InChI is InChI=1S/C14H22N2OS/c1-2-16(10-12-6-5-9-18-12)13(17)14(11-15)7-3-4-8-14/h5-6,9H,2-4,7-8,10-11,15H2,1H3. The first-order chi connectivity index (χ1) is 8.72. The average molecular weight is 266 g/mol. The molecule has 0 aromatic carbocycles. The van der Waals surface area contributed by atoms with Crippen molar-refractivity contribution in [1.82, 2.24) is 4.90 Å². The van der Waals surface area contributed by atoms with Gasteiger partial charge in [0, 0.05) is 18.0 Å². The molecule has 4 heteroatoms. The average Bonchev–Trinajstić information content (AvgIpc) is 3.06. The number of amides is 1. The topological polar surface area (TPSA) is 46.3 Å². The van der Waals surface area contributed by atoms with E-state index >= 15 is 0 Å². The van der Waals surface area contributed by atoms with Gasteiger partial charge < -0.3 is 10.6 Å². The molecule has 100 valence electrons. The molecule has 0 aliphatic heterocycles. The number of hydrogen-bond donors (Lipinski definition) is 1. The molecule has 0 unspecified atom stereocenters. The van der Waals surface area contributed by atoms with E-state index < -0.39 is 0 Å². The predicted octanol–water partition coefficient (Wildman–Crippen LogP) is 2.62. The number of thiophene rings is 1. The van der Waals surface area contributed by atoms with Gasteiger partial charge in [-0.05, 0) is 31.2 Å². The van der Waals surface area contributed by atoms with Crippen molar-refractivity contribution in [3.63, 3.8) is 0 Å². The number of rotatable bonds is 5. The molecule has 0 radical (unpaired) electrons. The molecule has 1 saturated carbocycles. The fraction of sp³-hybridized carbons (Fsp3) is 0.643. The molecule has 1 aliphatic carbocycles. The molecule has 0 atom stereocenters. The highest BCUT2D eigenvalue weighted by atomic mass is 32.1. The lowest BCUT2D eigenvalue weighted by Gasteiger charge is -2.32. The van der Waals surface area contributed by atoms with Crippen LogP contribution < -0.4 is 5.73 Å². The number of carbonyl (C=O) groups is 1. The molecule has 1 fully saturated rings. The Labute approximate surface area is 113 Å². The Morgan fingerprint density at radius 1 is 1.50 bits per heavy atom. The molecule has 1 aliphatic rings. The maximum atomic E-state index is 12.7. The van der Waals surface area contributed by atoms with Gasteiger partial charge >= 0.3 is 0 Å². The molecule has 1 amide bonds. The third-order valence-electron chi connectivity index (χ3n) is 4.00. The van der Waals surface area contributed by atoms with Crippen LogP contribution in [0.3, 0.4) is 0 Å². The van der Waals surface area contributed by atoms with Crippen LogP contribution in [0, 0.1) is 5.41 Å². The predicted molar refractivity (Wildman–Crippen MR) is 75.4 cm³/mol. The lowest BCUT2D eigenvalue weighted by atomic mass is 9.84. The van der Waals surface area contributed by atoms with Gasteiger partial charge in [0.15, 0.2) is 0 Å². The van der Waals surface area contributed by atoms with E-state index in [1.165, 1.54) is 4.88 Å². The normalized spacial score (nSPS) is 17.9. The molecule has 0 bridgehead atoms. The lowest BCUT2D eigenvalue weighted by Crippen LogP contribution is -2.46. The summed E-state index contributed by atoms with van der Waals surface area (Å²) in [5.74, 6) is 0.262. The fourth-order valence-corrected chi connectivity index (χ4v) is 3.53. The molecule has 0 saturated heterocycles. The highest BCUT2D eigenvalue weighted by molar-refractivity contribution is 7.09. The van der Waals surface area contributed by atoms with Crippen molar-refractivity contribution in [2.75, 3.05) is 13.1 Å². The summed E-state index contributed by atoms with van der Waals surface area (Å²) in [4.78, 5) is 15.9. The van der Waals surface area contributed by atoms with Crippen LogP contribution in [0.1, 0.15) is 37.5 Å². The fourth-order valence-electron chi connectivity index (χ4n) is 2.81. The summed E-state index contributed by atoms with van der Waals surface area (Å²) in [6.45, 7) is 4.03. The zero-order valence-corrected chi connectivity index (χ0v) is 11.8. The van der Waals surface area contributed by atoms with E-state index in [0.717, 1.165) is 38.8 Å². The van der Waals surface area contributed by atoms with E-state index in [1.54, 1.807) is 11.3 Å². The monoisotopic (exact) mass is 266 g/mol. The van der Waals surface area contributed by atoms with Gasteiger partial charge in [-0.25, -0.2) is 0 Å². The third-order valence-corrected chi connectivity index (χ3v) is 4.86. The molecule has 0 spiro atoms. The van der Waals surface area contributed by atoms with Gasteiger partial charge in [-0.2, -0.15) is 0 Å². The second-order valence-electron chi connectivity index (χ2n) is 5.09. The summed E-state index contributed by atoms with van der Waals surface area (Å²) >= 11 is 1.71. The molecule has 18 heavy (non-hydrogen) atoms. The first-order valence-electron chi connectivity index (χ1n) is 6.73. The number of carbonyl (C=O) groups excluding carboxylic acids is 1. The van der Waals surface area contributed by atoms with Gasteiger partial charge in [-0.15, -0.1) is 11.3 Å². The van der Waals surface area contributed by atoms with Crippen molar-refractivity contribution < 1.29 is 4.79 Å². The van der Waals surface area contributed by atoms with E-state index in [4.69, 9.17) is 5.73 Å². The Kier molecular flexibility index (Phi) is 4.40. The van der Waals surface area contributed by atoms with Gasteiger partial charge in [0.05, 0.1) is 12.0 Å². The Balaban J connectivity index is 2.09. The summed E-state index contributed by atoms with van der Waals surface area (Å²) < 4.78 is 0. The van der Waals surface area contributed by atoms with Crippen LogP contribution in [-0.4, -0.2) is 23.9 Å². The van der Waals surface area contributed by atoms with Crippen molar-refractivity contribution in [3.05, 3.63) is 22.4 Å². The number of hydrogen-bond acceptors (Lipinski definition) is 3. The summed E-state index contributed by atoms with van der Waals surface area (Å²) in [7, 11) is 0. The van der Waals surface area contributed by atoms with Crippen LogP contribution in [0.4, 0.5) is 0 Å². The van der Waals surface area contributed by atoms with E-state index in [2.05, 4.69) is 11.4 Å². The van der Waals surface area contributed by atoms with Crippen LogP contribution in [0.25, 0.3) is 0 Å². The maximum Gasteiger partial charge on any atom is 0.230 e. The van der Waals surface area contributed by atoms with Gasteiger partial charge in [-0.1, -0.05) is 18.9 Å². The second-order valence-corrected chi connectivity index (χ2v) is 6.12. The van der Waals surface area contributed by atoms with E-state index in [1.807, 2.05) is 17.9 Å². The molecule has 1 aromatic rings. The van der Waals surface area contributed by atoms with Crippen LogP contribution >= 0.6 is 11.3 Å². The molecular formula is C14H22N2OS. The SMILES string of the molecule is CCN(Cc1cccs1)C(=O)C1(CN)CCCC1. The Bertz CT molecular complexity index is 383. The van der Waals surface area contributed by atoms with Crippen LogP contribution in [-0.2, 0) is 11.3 Å². The van der Waals surface area contributed by atoms with Crippen molar-refractivity contribution in [2.24, 2.45) is 11.1 Å². The van der Waals surface area contributed by atoms with Gasteiger partial charge in [0.1, 0.15) is 0 Å². The minimum atomic E-state index is -0.271. The molecule has 3 nitrogen and oxygen atoms in total. The van der Waals surface area contributed by atoms with Gasteiger partial charge in [0.25, 0.3) is 0 Å². The number of nitrogens with two attached hydrogens (primary N) is 1. The maximum absolute atomic E-state index is 12.7. The summed E-state index contributed by atoms with van der Waals surface area (Å²) in [6, 6.07) is 4.12. The Hall–Kier alpha value is -0.870. The zero-order chi connectivity index (χ0) is 13.0. The second kappa shape index (κ2) is 5.85. The highest BCUT2D eigenvalue weighted by Gasteiger charge is 2.41. The minimum Gasteiger partial charge on any atom is -0.337 e. The zero-order valence-electron chi connectivity index (χ0n) is 11.0. The molecule has 1 aromatic heterocycles. The van der Waals surface area contributed by atoms with Crippen molar-refractivity contribution in [2.45, 2.75) is 39.2 Å². The Morgan fingerprint density at radius 3 is 2.72 bits per heavy atom. The first-order valence-corrected chi connectivity index (χ1v) is 7.61. The molecule has 2 rings (SSSR count). The van der Waals surface area contributed by atoms with Crippen molar-refractivity contribution in [3.8, 4) is 0 Å². The van der Waals surface area contributed by atoms with Gasteiger partial charge in [0.2, 0.25) is 5.91 Å². The smallest absolute Gasteiger partial charge is 0.230 e. The van der Waals surface area contributed by atoms with Gasteiger partial charge in [-0.3, -0.25) is 4.79 Å². The van der Waals surface area contributed by atoms with Crippen LogP contribution in [0.2, 0.25) is 0 Å². The minimum absolute atomic E-state index is 0.262. The van der Waals surface area contributed by atoms with Crippen LogP contribution in [0.15, 0.2) is 17.5 Å². The molecular weight excluding hydrogens is 244 g/mol. The van der Waals surface area contributed by atoms with E-state index in [-0.39, 0.29) is 11.3 Å². The summed E-state index contributed by atoms with van der Waals surface area (Å²) in [6.07, 6.45) is 4.20. The quantitative estimate of drug-likeness (QED) is 0.890.